The summed E-state index contributed by atoms with van der Waals surface area (Å²) in [5.74, 6) is 0.579. The molecule has 0 radical (unpaired) electrons. The molecule has 2 N–H and O–H groups in total. The van der Waals surface area contributed by atoms with Gasteiger partial charge in [0.2, 0.25) is 5.91 Å². The predicted molar refractivity (Wildman–Crippen MR) is 74.4 cm³/mol. The van der Waals surface area contributed by atoms with Gasteiger partial charge in [0.05, 0.1) is 12.1 Å². The maximum Gasteiger partial charge on any atom is 0.237 e. The Morgan fingerprint density at radius 3 is 2.00 bits per heavy atom. The fraction of sp³-hybridized carbons (Fsp3) is 0.857. The van der Waals surface area contributed by atoms with Crippen LogP contribution in [0.2, 0.25) is 0 Å². The Morgan fingerprint density at radius 1 is 1.11 bits per heavy atom. The van der Waals surface area contributed by atoms with Crippen molar-refractivity contribution >= 4 is 11.7 Å². The second kappa shape index (κ2) is 8.25. The fourth-order valence-electron chi connectivity index (χ4n) is 1.92. The molecule has 0 spiro atoms. The summed E-state index contributed by atoms with van der Waals surface area (Å²) in [5, 5.41) is 5.88. The molecule has 0 heterocycles. The van der Waals surface area contributed by atoms with E-state index in [0.717, 1.165) is 6.42 Å². The van der Waals surface area contributed by atoms with Crippen molar-refractivity contribution in [2.24, 2.45) is 11.8 Å². The minimum Gasteiger partial charge on any atom is -0.345 e. The van der Waals surface area contributed by atoms with Crippen LogP contribution in [0.3, 0.4) is 0 Å². The molecule has 0 aromatic rings. The fourth-order valence-corrected chi connectivity index (χ4v) is 1.92. The van der Waals surface area contributed by atoms with E-state index in [1.165, 1.54) is 0 Å². The molecule has 0 saturated heterocycles. The van der Waals surface area contributed by atoms with Gasteiger partial charge in [-0.3, -0.25) is 9.59 Å². The number of hydrogen-bond acceptors (Lipinski definition) is 3. The van der Waals surface area contributed by atoms with Crippen LogP contribution in [0.25, 0.3) is 0 Å². The Labute approximate surface area is 111 Å². The van der Waals surface area contributed by atoms with Crippen LogP contribution in [0.15, 0.2) is 0 Å². The molecule has 4 nitrogen and oxygen atoms in total. The molecule has 0 aromatic carbocycles. The molecule has 2 atom stereocenters. The molecule has 0 saturated carbocycles. The zero-order chi connectivity index (χ0) is 14.3. The van der Waals surface area contributed by atoms with Gasteiger partial charge in [-0.2, -0.15) is 0 Å². The van der Waals surface area contributed by atoms with Crippen molar-refractivity contribution in [2.75, 3.05) is 7.05 Å². The molecular weight excluding hydrogens is 228 g/mol. The van der Waals surface area contributed by atoms with Gasteiger partial charge in [0.15, 0.2) is 5.78 Å². The first-order chi connectivity index (χ1) is 8.33. The van der Waals surface area contributed by atoms with Crippen molar-refractivity contribution in [1.29, 1.82) is 0 Å². The van der Waals surface area contributed by atoms with Crippen molar-refractivity contribution in [3.63, 3.8) is 0 Å². The molecule has 4 heteroatoms. The minimum absolute atomic E-state index is 0.0771. The average Bonchev–Trinajstić information content (AvgIpc) is 2.30. The maximum atomic E-state index is 12.1. The number of carbonyl (C=O) groups excluding carboxylic acids is 2. The van der Waals surface area contributed by atoms with Crippen LogP contribution < -0.4 is 10.6 Å². The zero-order valence-electron chi connectivity index (χ0n) is 12.5. The van der Waals surface area contributed by atoms with Crippen molar-refractivity contribution in [3.8, 4) is 0 Å². The number of rotatable bonds is 8. The summed E-state index contributed by atoms with van der Waals surface area (Å²) in [6, 6.07) is -0.596. The quantitative estimate of drug-likeness (QED) is 0.695. The Kier molecular flexibility index (Phi) is 7.83. The maximum absolute atomic E-state index is 12.1. The largest absolute Gasteiger partial charge is 0.345 e. The molecule has 0 fully saturated rings. The molecule has 0 rings (SSSR count). The number of likely N-dealkylation sites (N-methyl/N-ethyl adjacent to an activating group) is 1. The monoisotopic (exact) mass is 256 g/mol. The van der Waals surface area contributed by atoms with Crippen LogP contribution in [0.5, 0.6) is 0 Å². The summed E-state index contributed by atoms with van der Waals surface area (Å²) in [6.07, 6.45) is 1.23. The van der Waals surface area contributed by atoms with Crippen LogP contribution in [0.4, 0.5) is 0 Å². The highest BCUT2D eigenvalue weighted by atomic mass is 16.2. The number of nitrogens with one attached hydrogen (secondary N) is 2. The highest BCUT2D eigenvalue weighted by molar-refractivity contribution is 5.90. The molecule has 0 aliphatic carbocycles. The van der Waals surface area contributed by atoms with Gasteiger partial charge in [0.25, 0.3) is 0 Å². The zero-order valence-corrected chi connectivity index (χ0v) is 12.5. The number of Topliss-reactive ketones (excluding diaryl/α,β-unsaturated/α-hetero) is 1. The van der Waals surface area contributed by atoms with Gasteiger partial charge in [-0.05, 0) is 25.3 Å². The summed E-state index contributed by atoms with van der Waals surface area (Å²) in [7, 11) is 1.78. The lowest BCUT2D eigenvalue weighted by molar-refractivity contribution is -0.130. The lowest BCUT2D eigenvalue weighted by atomic mass is 9.97. The van der Waals surface area contributed by atoms with E-state index in [0.29, 0.717) is 12.3 Å². The lowest BCUT2D eigenvalue weighted by Gasteiger charge is -2.24. The summed E-state index contributed by atoms with van der Waals surface area (Å²) in [5.41, 5.74) is 0. The summed E-state index contributed by atoms with van der Waals surface area (Å²) in [6.45, 7) is 9.89. The van der Waals surface area contributed by atoms with Gasteiger partial charge in [0.1, 0.15) is 0 Å². The third-order valence-electron chi connectivity index (χ3n) is 3.03. The molecule has 1 amide bonds. The number of carbonyl (C=O) groups is 2. The first-order valence-electron chi connectivity index (χ1n) is 6.83. The number of hydrogen-bond donors (Lipinski definition) is 2. The van der Waals surface area contributed by atoms with E-state index in [9.17, 15) is 9.59 Å². The Hall–Kier alpha value is -0.900. The van der Waals surface area contributed by atoms with E-state index >= 15 is 0 Å². The van der Waals surface area contributed by atoms with Gasteiger partial charge < -0.3 is 10.6 Å². The van der Waals surface area contributed by atoms with E-state index in [4.69, 9.17) is 0 Å². The van der Waals surface area contributed by atoms with E-state index in [2.05, 4.69) is 24.5 Å². The number of ketones is 1. The van der Waals surface area contributed by atoms with Crippen molar-refractivity contribution in [3.05, 3.63) is 0 Å². The predicted octanol–water partition coefficient (Wildman–Crippen LogP) is 1.74. The second-order valence-electron chi connectivity index (χ2n) is 5.52. The molecule has 0 aliphatic heterocycles. The SMILES string of the molecule is CCC(=O)[C@@H](NC(=O)[C@H](CC(C)C)NC)C(C)C. The summed E-state index contributed by atoms with van der Waals surface area (Å²) in [4.78, 5) is 23.9. The third kappa shape index (κ3) is 5.63. The van der Waals surface area contributed by atoms with E-state index in [-0.39, 0.29) is 29.7 Å². The van der Waals surface area contributed by atoms with Gasteiger partial charge in [0, 0.05) is 6.42 Å². The van der Waals surface area contributed by atoms with E-state index < -0.39 is 0 Å². The van der Waals surface area contributed by atoms with Gasteiger partial charge in [-0.1, -0.05) is 34.6 Å². The smallest absolute Gasteiger partial charge is 0.237 e. The van der Waals surface area contributed by atoms with Crippen molar-refractivity contribution < 1.29 is 9.59 Å². The van der Waals surface area contributed by atoms with Crippen molar-refractivity contribution in [1.82, 2.24) is 10.6 Å². The highest BCUT2D eigenvalue weighted by Gasteiger charge is 2.26. The van der Waals surface area contributed by atoms with Gasteiger partial charge in [-0.15, -0.1) is 0 Å². The summed E-state index contributed by atoms with van der Waals surface area (Å²) >= 11 is 0. The number of amides is 1. The molecule has 0 aromatic heterocycles. The Balaban J connectivity index is 4.61. The lowest BCUT2D eigenvalue weighted by Crippen LogP contribution is -2.51. The minimum atomic E-state index is -0.370. The van der Waals surface area contributed by atoms with Crippen molar-refractivity contribution in [2.45, 2.75) is 59.5 Å². The first kappa shape index (κ1) is 17.1. The second-order valence-corrected chi connectivity index (χ2v) is 5.52. The normalized spacial score (nSPS) is 14.7. The summed E-state index contributed by atoms with van der Waals surface area (Å²) < 4.78 is 0. The van der Waals surface area contributed by atoms with E-state index in [1.807, 2.05) is 20.8 Å². The van der Waals surface area contributed by atoms with Gasteiger partial charge in [-0.25, -0.2) is 0 Å². The molecule has 0 aliphatic rings. The van der Waals surface area contributed by atoms with Crippen LogP contribution in [0.1, 0.15) is 47.5 Å². The topological polar surface area (TPSA) is 58.2 Å². The standard InChI is InChI=1S/C14H28N2O2/c1-7-12(17)13(10(4)5)16-14(18)11(15-6)8-9(2)3/h9-11,13,15H,7-8H2,1-6H3,(H,16,18)/t11-,13-/m0/s1. The Bertz CT molecular complexity index is 275. The third-order valence-corrected chi connectivity index (χ3v) is 3.03. The highest BCUT2D eigenvalue weighted by Crippen LogP contribution is 2.08. The molecule has 18 heavy (non-hydrogen) atoms. The molecule has 106 valence electrons. The van der Waals surface area contributed by atoms with Crippen LogP contribution in [0, 0.1) is 11.8 Å². The average molecular weight is 256 g/mol. The molecule has 0 bridgehead atoms. The van der Waals surface area contributed by atoms with Crippen LogP contribution >= 0.6 is 0 Å². The molecule has 0 unspecified atom stereocenters. The first-order valence-corrected chi connectivity index (χ1v) is 6.83. The van der Waals surface area contributed by atoms with Crippen LogP contribution in [-0.2, 0) is 9.59 Å². The van der Waals surface area contributed by atoms with Gasteiger partial charge >= 0.3 is 0 Å². The molecular formula is C14H28N2O2. The van der Waals surface area contributed by atoms with Crippen LogP contribution in [-0.4, -0.2) is 30.8 Å². The van der Waals surface area contributed by atoms with E-state index in [1.54, 1.807) is 7.05 Å². The Morgan fingerprint density at radius 2 is 1.67 bits per heavy atom.